The van der Waals surface area contributed by atoms with Crippen LogP contribution in [0.2, 0.25) is 0 Å². The summed E-state index contributed by atoms with van der Waals surface area (Å²) in [5, 5.41) is 0. The summed E-state index contributed by atoms with van der Waals surface area (Å²) in [5.74, 6) is 0.939. The van der Waals surface area contributed by atoms with Crippen LogP contribution in [0.4, 0.5) is 0 Å². The summed E-state index contributed by atoms with van der Waals surface area (Å²) < 4.78 is 5.65. The van der Waals surface area contributed by atoms with Crippen molar-refractivity contribution in [3.05, 3.63) is 29.8 Å². The summed E-state index contributed by atoms with van der Waals surface area (Å²) >= 11 is 0. The summed E-state index contributed by atoms with van der Waals surface area (Å²) in [5.41, 5.74) is 6.76. The van der Waals surface area contributed by atoms with Crippen molar-refractivity contribution < 1.29 is 9.53 Å². The molecule has 0 bridgehead atoms. The molecule has 0 saturated heterocycles. The molecule has 2 N–H and O–H groups in total. The van der Waals surface area contributed by atoms with Crippen molar-refractivity contribution in [2.45, 2.75) is 33.1 Å². The van der Waals surface area contributed by atoms with Gasteiger partial charge < -0.3 is 15.4 Å². The van der Waals surface area contributed by atoms with Crippen LogP contribution in [-0.4, -0.2) is 37.0 Å². The lowest BCUT2D eigenvalue weighted by molar-refractivity contribution is -0.134. The number of fused-ring (bicyclic) bond motifs is 1. The number of amides is 1. The second-order valence-corrected chi connectivity index (χ2v) is 6.45. The van der Waals surface area contributed by atoms with Gasteiger partial charge in [-0.05, 0) is 31.4 Å². The number of carbonyl (C=O) groups is 1. The maximum Gasteiger partial charge on any atom is 0.230 e. The number of rotatable bonds is 5. The average Bonchev–Trinajstić information content (AvgIpc) is 2.51. The van der Waals surface area contributed by atoms with Gasteiger partial charge in [0.05, 0.1) is 12.5 Å². The van der Waals surface area contributed by atoms with E-state index in [9.17, 15) is 4.79 Å². The van der Waals surface area contributed by atoms with Gasteiger partial charge in [-0.25, -0.2) is 0 Å². The predicted octanol–water partition coefficient (Wildman–Crippen LogP) is 2.39. The molecule has 1 atom stereocenters. The van der Waals surface area contributed by atoms with E-state index in [0.29, 0.717) is 26.2 Å². The summed E-state index contributed by atoms with van der Waals surface area (Å²) in [6.07, 6.45) is 0.745. The third kappa shape index (κ3) is 3.56. The zero-order chi connectivity index (χ0) is 15.5. The standard InChI is InChI=1S/C17H26N2O2/c1-4-19(12-17(2,3)11-18)16(20)14-9-10-21-15-8-6-5-7-13(14)15/h5-8,14H,4,9-12,18H2,1-3H3. The summed E-state index contributed by atoms with van der Waals surface area (Å²) in [6, 6.07) is 7.85. The SMILES string of the molecule is CCN(CC(C)(C)CN)C(=O)C1CCOc2ccccc21. The van der Waals surface area contributed by atoms with E-state index in [1.54, 1.807) is 0 Å². The van der Waals surface area contributed by atoms with Crippen LogP contribution in [0, 0.1) is 5.41 Å². The summed E-state index contributed by atoms with van der Waals surface area (Å²) in [7, 11) is 0. The molecule has 4 nitrogen and oxygen atoms in total. The molecule has 1 aliphatic rings. The third-order valence-electron chi connectivity index (χ3n) is 4.12. The minimum Gasteiger partial charge on any atom is -0.493 e. The normalized spacial score (nSPS) is 17.8. The van der Waals surface area contributed by atoms with Crippen LogP contribution in [0.1, 0.15) is 38.7 Å². The Bertz CT molecular complexity index is 499. The Kier molecular flexibility index (Phi) is 4.88. The lowest BCUT2D eigenvalue weighted by Crippen LogP contribution is -2.44. The molecule has 4 heteroatoms. The van der Waals surface area contributed by atoms with E-state index in [-0.39, 0.29) is 17.2 Å². The fourth-order valence-electron chi connectivity index (χ4n) is 2.75. The first-order valence-electron chi connectivity index (χ1n) is 7.69. The first-order valence-corrected chi connectivity index (χ1v) is 7.69. The molecule has 1 amide bonds. The molecule has 0 aromatic heterocycles. The summed E-state index contributed by atoms with van der Waals surface area (Å²) in [4.78, 5) is 14.8. The second kappa shape index (κ2) is 6.48. The van der Waals surface area contributed by atoms with Crippen molar-refractivity contribution in [1.29, 1.82) is 0 Å². The Labute approximate surface area is 127 Å². The Morgan fingerprint density at radius 1 is 1.43 bits per heavy atom. The number of ether oxygens (including phenoxy) is 1. The minimum atomic E-state index is -0.0940. The number of hydrogen-bond acceptors (Lipinski definition) is 3. The molecule has 116 valence electrons. The van der Waals surface area contributed by atoms with Gasteiger partial charge in [0.1, 0.15) is 5.75 Å². The smallest absolute Gasteiger partial charge is 0.230 e. The predicted molar refractivity (Wildman–Crippen MR) is 84.4 cm³/mol. The molecular weight excluding hydrogens is 264 g/mol. The number of carbonyl (C=O) groups excluding carboxylic acids is 1. The molecule has 0 spiro atoms. The molecule has 1 aromatic rings. The highest BCUT2D eigenvalue weighted by molar-refractivity contribution is 5.85. The van der Waals surface area contributed by atoms with Gasteiger partial charge in [0.25, 0.3) is 0 Å². The van der Waals surface area contributed by atoms with Crippen LogP contribution in [0.5, 0.6) is 5.75 Å². The molecule has 0 aliphatic carbocycles. The maximum atomic E-state index is 12.9. The van der Waals surface area contributed by atoms with Gasteiger partial charge in [0, 0.05) is 18.7 Å². The number of likely N-dealkylation sites (N-methyl/N-ethyl adjacent to an activating group) is 1. The maximum absolute atomic E-state index is 12.9. The van der Waals surface area contributed by atoms with Crippen LogP contribution in [0.25, 0.3) is 0 Å². The molecule has 0 fully saturated rings. The van der Waals surface area contributed by atoms with Gasteiger partial charge in [-0.3, -0.25) is 4.79 Å². The third-order valence-corrected chi connectivity index (χ3v) is 4.12. The van der Waals surface area contributed by atoms with Gasteiger partial charge in [-0.15, -0.1) is 0 Å². The molecule has 2 rings (SSSR count). The first-order chi connectivity index (χ1) is 9.98. The number of nitrogens with two attached hydrogens (primary N) is 1. The van der Waals surface area contributed by atoms with Gasteiger partial charge in [-0.2, -0.15) is 0 Å². The fraction of sp³-hybridized carbons (Fsp3) is 0.588. The van der Waals surface area contributed by atoms with Crippen molar-refractivity contribution in [3.63, 3.8) is 0 Å². The zero-order valence-corrected chi connectivity index (χ0v) is 13.3. The number of nitrogens with zero attached hydrogens (tertiary/aromatic N) is 1. The van der Waals surface area contributed by atoms with E-state index in [1.165, 1.54) is 0 Å². The molecule has 1 heterocycles. The molecular formula is C17H26N2O2. The van der Waals surface area contributed by atoms with Crippen LogP contribution in [0.3, 0.4) is 0 Å². The minimum absolute atomic E-state index is 0.0592. The Morgan fingerprint density at radius 3 is 2.81 bits per heavy atom. The van der Waals surface area contributed by atoms with E-state index < -0.39 is 0 Å². The van der Waals surface area contributed by atoms with E-state index in [0.717, 1.165) is 17.7 Å². The molecule has 21 heavy (non-hydrogen) atoms. The fourth-order valence-corrected chi connectivity index (χ4v) is 2.75. The Morgan fingerprint density at radius 2 is 2.14 bits per heavy atom. The zero-order valence-electron chi connectivity index (χ0n) is 13.3. The number of benzene rings is 1. The monoisotopic (exact) mass is 290 g/mol. The molecule has 1 aromatic carbocycles. The van der Waals surface area contributed by atoms with E-state index in [4.69, 9.17) is 10.5 Å². The van der Waals surface area contributed by atoms with Crippen LogP contribution >= 0.6 is 0 Å². The van der Waals surface area contributed by atoms with Crippen molar-refractivity contribution >= 4 is 5.91 Å². The first kappa shape index (κ1) is 15.8. The highest BCUT2D eigenvalue weighted by Crippen LogP contribution is 2.35. The van der Waals surface area contributed by atoms with E-state index in [1.807, 2.05) is 36.1 Å². The van der Waals surface area contributed by atoms with Gasteiger partial charge in [0.15, 0.2) is 0 Å². The highest BCUT2D eigenvalue weighted by atomic mass is 16.5. The summed E-state index contributed by atoms with van der Waals surface area (Å²) in [6.45, 7) is 8.80. The molecule has 1 aliphatic heterocycles. The van der Waals surface area contributed by atoms with Crippen LogP contribution < -0.4 is 10.5 Å². The molecule has 0 saturated carbocycles. The van der Waals surface area contributed by atoms with Gasteiger partial charge >= 0.3 is 0 Å². The quantitative estimate of drug-likeness (QED) is 0.906. The lowest BCUT2D eigenvalue weighted by atomic mass is 9.89. The van der Waals surface area contributed by atoms with Crippen LogP contribution in [-0.2, 0) is 4.79 Å². The van der Waals surface area contributed by atoms with Crippen molar-refractivity contribution in [1.82, 2.24) is 4.90 Å². The Balaban J connectivity index is 2.19. The highest BCUT2D eigenvalue weighted by Gasteiger charge is 2.32. The van der Waals surface area contributed by atoms with Gasteiger partial charge in [0.2, 0.25) is 5.91 Å². The number of hydrogen-bond donors (Lipinski definition) is 1. The largest absolute Gasteiger partial charge is 0.493 e. The topological polar surface area (TPSA) is 55.6 Å². The van der Waals surface area contributed by atoms with Crippen LogP contribution in [0.15, 0.2) is 24.3 Å². The second-order valence-electron chi connectivity index (χ2n) is 6.45. The molecule has 1 unspecified atom stereocenters. The Hall–Kier alpha value is -1.55. The van der Waals surface area contributed by atoms with E-state index in [2.05, 4.69) is 13.8 Å². The van der Waals surface area contributed by atoms with Crippen molar-refractivity contribution in [2.75, 3.05) is 26.2 Å². The lowest BCUT2D eigenvalue weighted by Gasteiger charge is -2.35. The number of para-hydroxylation sites is 1. The average molecular weight is 290 g/mol. The van der Waals surface area contributed by atoms with Crippen molar-refractivity contribution in [2.24, 2.45) is 11.1 Å². The van der Waals surface area contributed by atoms with Gasteiger partial charge in [-0.1, -0.05) is 32.0 Å². The molecule has 0 radical (unpaired) electrons. The van der Waals surface area contributed by atoms with Crippen molar-refractivity contribution in [3.8, 4) is 5.75 Å². The van der Waals surface area contributed by atoms with E-state index >= 15 is 0 Å².